The van der Waals surface area contributed by atoms with Gasteiger partial charge in [0.15, 0.2) is 0 Å². The zero-order valence-corrected chi connectivity index (χ0v) is 53.0. The van der Waals surface area contributed by atoms with Crippen molar-refractivity contribution in [2.75, 3.05) is 76.5 Å². The summed E-state index contributed by atoms with van der Waals surface area (Å²) in [6.45, 7) is 0. The molecule has 0 aliphatic heterocycles. The van der Waals surface area contributed by atoms with Gasteiger partial charge < -0.3 is 62.2 Å². The minimum atomic E-state index is 0.603. The predicted molar refractivity (Wildman–Crippen MR) is 375 cm³/mol. The van der Waals surface area contributed by atoms with E-state index in [0.717, 1.165) is 136 Å². The Morgan fingerprint density at radius 2 is 0.366 bits per heavy atom. The van der Waals surface area contributed by atoms with Gasteiger partial charge in [-0.15, -0.1) is 0 Å². The van der Waals surface area contributed by atoms with E-state index in [9.17, 15) is 0 Å². The Bertz CT molecular complexity index is 3960. The zero-order valence-electron chi connectivity index (χ0n) is 53.0. The van der Waals surface area contributed by atoms with Crippen molar-refractivity contribution in [2.24, 2.45) is 0 Å². The molecule has 12 aromatic carbocycles. The van der Waals surface area contributed by atoms with Crippen molar-refractivity contribution in [3.05, 3.63) is 279 Å². The van der Waals surface area contributed by atoms with Gasteiger partial charge in [-0.1, -0.05) is 24.3 Å². The van der Waals surface area contributed by atoms with E-state index in [0.29, 0.717) is 11.5 Å². The fraction of sp³-hybridized carbons (Fsp3) is 0.100. The van der Waals surface area contributed by atoms with Gasteiger partial charge in [-0.05, 0) is 266 Å². The Morgan fingerprint density at radius 1 is 0.183 bits per heavy atom. The molecule has 13 heteroatoms. The minimum absolute atomic E-state index is 0.603. The van der Waals surface area contributed by atoms with Crippen LogP contribution in [0.4, 0.5) is 68.2 Å². The van der Waals surface area contributed by atoms with Gasteiger partial charge >= 0.3 is 0 Å². The third-order valence-corrected chi connectivity index (χ3v) is 16.1. The molecule has 0 N–H and O–H groups in total. The number of rotatable bonds is 24. The van der Waals surface area contributed by atoms with E-state index in [4.69, 9.17) is 42.6 Å². The molecule has 93 heavy (non-hydrogen) atoms. The van der Waals surface area contributed by atoms with Crippen LogP contribution in [0.3, 0.4) is 0 Å². The second-order valence-electron chi connectivity index (χ2n) is 21.5. The van der Waals surface area contributed by atoms with Crippen molar-refractivity contribution in [2.45, 2.75) is 0 Å². The Kier molecular flexibility index (Phi) is 18.6. The molecule has 0 unspecified atom stereocenters. The van der Waals surface area contributed by atoms with Gasteiger partial charge in [0.1, 0.15) is 57.5 Å². The molecule has 0 spiro atoms. The molecular formula is C80H70N4O9. The highest BCUT2D eigenvalue weighted by Gasteiger charge is 2.24. The second kappa shape index (κ2) is 28.3. The summed E-state index contributed by atoms with van der Waals surface area (Å²) in [5.41, 5.74) is 14.3. The summed E-state index contributed by atoms with van der Waals surface area (Å²) in [5.74, 6) is 7.17. The molecule has 0 atom stereocenters. The van der Waals surface area contributed by atoms with Crippen LogP contribution in [-0.2, 0) is 0 Å². The van der Waals surface area contributed by atoms with E-state index in [1.807, 2.05) is 97.1 Å². The number of ether oxygens (including phenoxy) is 9. The minimum Gasteiger partial charge on any atom is -0.497 e. The summed E-state index contributed by atoms with van der Waals surface area (Å²) in [6, 6.07) is 94.3. The smallest absolute Gasteiger partial charge is 0.135 e. The molecule has 0 saturated carbocycles. The fourth-order valence-electron chi connectivity index (χ4n) is 11.3. The highest BCUT2D eigenvalue weighted by atomic mass is 16.5. The first kappa shape index (κ1) is 61.3. The van der Waals surface area contributed by atoms with Crippen molar-refractivity contribution >= 4 is 68.2 Å². The van der Waals surface area contributed by atoms with Crippen LogP contribution in [0.15, 0.2) is 279 Å². The van der Waals surface area contributed by atoms with Crippen LogP contribution in [0.1, 0.15) is 0 Å². The first-order chi connectivity index (χ1) is 45.7. The standard InChI is InChI=1S/C80H70N4O9/c1-85-69-33-15-57(16-34-69)81(58-17-35-70(86-2)36-18-58)65-13-9-11-55(51-65)77-53-67(83(61-23-41-73(89-5)42-24-61)62-25-43-74(90-6)44-26-62)31-49-79(77)93-80-50-32-68(84(63-27-45-75(91-7)46-28-63)64-29-47-76(92-8)48-30-64)54-78(80)56-12-10-14-66(52-56)82(59-19-37-71(87-3)38-20-59)60-21-39-72(88-4)40-22-60/h9-54H,1-8H3. The van der Waals surface area contributed by atoms with Crippen molar-refractivity contribution in [1.29, 1.82) is 0 Å². The van der Waals surface area contributed by atoms with Crippen LogP contribution in [0, 0.1) is 0 Å². The van der Waals surface area contributed by atoms with Crippen LogP contribution < -0.4 is 62.2 Å². The molecule has 12 aromatic rings. The van der Waals surface area contributed by atoms with Gasteiger partial charge in [0.25, 0.3) is 0 Å². The van der Waals surface area contributed by atoms with E-state index in [1.54, 1.807) is 56.9 Å². The van der Waals surface area contributed by atoms with Gasteiger partial charge in [-0.2, -0.15) is 0 Å². The first-order valence-electron chi connectivity index (χ1n) is 30.2. The zero-order chi connectivity index (χ0) is 64.2. The highest BCUT2D eigenvalue weighted by Crippen LogP contribution is 2.49. The number of methoxy groups -OCH3 is 8. The molecule has 0 bridgehead atoms. The topological polar surface area (TPSA) is 96.0 Å². The molecule has 0 saturated heterocycles. The summed E-state index contributed by atoms with van der Waals surface area (Å²) in [6.07, 6.45) is 0. The van der Waals surface area contributed by atoms with E-state index in [2.05, 4.69) is 202 Å². The van der Waals surface area contributed by atoms with Crippen molar-refractivity contribution in [3.63, 3.8) is 0 Å². The van der Waals surface area contributed by atoms with Gasteiger partial charge in [-0.25, -0.2) is 0 Å². The first-order valence-corrected chi connectivity index (χ1v) is 30.2. The Morgan fingerprint density at radius 3 is 0.559 bits per heavy atom. The van der Waals surface area contributed by atoms with Crippen LogP contribution in [0.25, 0.3) is 22.3 Å². The lowest BCUT2D eigenvalue weighted by atomic mass is 10.00. The molecule has 0 aromatic heterocycles. The number of hydrogen-bond acceptors (Lipinski definition) is 13. The summed E-state index contributed by atoms with van der Waals surface area (Å²) < 4.78 is 52.8. The number of nitrogens with zero attached hydrogens (tertiary/aromatic N) is 4. The summed E-state index contributed by atoms with van der Waals surface area (Å²) >= 11 is 0. The molecular weight excluding hydrogens is 1160 g/mol. The molecule has 464 valence electrons. The van der Waals surface area contributed by atoms with Gasteiger partial charge in [0.2, 0.25) is 0 Å². The average molecular weight is 1230 g/mol. The molecule has 0 amide bonds. The molecule has 0 fully saturated rings. The van der Waals surface area contributed by atoms with Gasteiger partial charge in [0, 0.05) is 79.4 Å². The summed E-state index contributed by atoms with van der Waals surface area (Å²) in [5, 5.41) is 0. The van der Waals surface area contributed by atoms with Crippen molar-refractivity contribution in [1.82, 2.24) is 0 Å². The van der Waals surface area contributed by atoms with Crippen LogP contribution in [0.2, 0.25) is 0 Å². The lowest BCUT2D eigenvalue weighted by molar-refractivity contribution is 0.414. The molecule has 13 nitrogen and oxygen atoms in total. The second-order valence-corrected chi connectivity index (χ2v) is 21.5. The highest BCUT2D eigenvalue weighted by molar-refractivity contribution is 5.89. The Balaban J connectivity index is 1.08. The molecule has 0 aliphatic rings. The Labute approximate surface area is 543 Å². The van der Waals surface area contributed by atoms with Crippen LogP contribution in [-0.4, -0.2) is 56.9 Å². The van der Waals surface area contributed by atoms with Gasteiger partial charge in [0.05, 0.1) is 56.9 Å². The number of anilines is 12. The molecule has 0 heterocycles. The maximum Gasteiger partial charge on any atom is 0.135 e. The summed E-state index contributed by atoms with van der Waals surface area (Å²) in [4.78, 5) is 8.87. The van der Waals surface area contributed by atoms with E-state index in [-0.39, 0.29) is 0 Å². The maximum absolute atomic E-state index is 7.62. The van der Waals surface area contributed by atoms with Crippen LogP contribution >= 0.6 is 0 Å². The number of hydrogen-bond donors (Lipinski definition) is 0. The van der Waals surface area contributed by atoms with E-state index in [1.165, 1.54) is 0 Å². The van der Waals surface area contributed by atoms with E-state index < -0.39 is 0 Å². The molecule has 0 aliphatic carbocycles. The normalized spacial score (nSPS) is 10.8. The van der Waals surface area contributed by atoms with Gasteiger partial charge in [-0.3, -0.25) is 0 Å². The quantitative estimate of drug-likeness (QED) is 0.0575. The lowest BCUT2D eigenvalue weighted by Crippen LogP contribution is -2.11. The van der Waals surface area contributed by atoms with Crippen LogP contribution in [0.5, 0.6) is 57.5 Å². The average Bonchev–Trinajstić information content (AvgIpc) is 0.907. The fourth-order valence-corrected chi connectivity index (χ4v) is 11.3. The van der Waals surface area contributed by atoms with Crippen molar-refractivity contribution < 1.29 is 42.6 Å². The van der Waals surface area contributed by atoms with Crippen molar-refractivity contribution in [3.8, 4) is 79.7 Å². The largest absolute Gasteiger partial charge is 0.497 e. The monoisotopic (exact) mass is 1230 g/mol. The molecule has 0 radical (unpaired) electrons. The number of benzene rings is 12. The SMILES string of the molecule is COc1ccc(N(c2ccc(OC)cc2)c2cccc(-c3cc(N(c4ccc(OC)cc4)c4ccc(OC)cc4)ccc3Oc3ccc(N(c4ccc(OC)cc4)c4ccc(OC)cc4)cc3-c3cccc(N(c4ccc(OC)cc4)c4ccc(OC)cc4)c3)c2)cc1. The van der Waals surface area contributed by atoms with E-state index >= 15 is 0 Å². The Hall–Kier alpha value is -12.0. The third kappa shape index (κ3) is 13.5. The molecule has 12 rings (SSSR count). The maximum atomic E-state index is 7.62. The third-order valence-electron chi connectivity index (χ3n) is 16.1. The predicted octanol–water partition coefficient (Wildman–Crippen LogP) is 20.8. The summed E-state index contributed by atoms with van der Waals surface area (Å²) in [7, 11) is 13.4. The lowest BCUT2D eigenvalue weighted by Gasteiger charge is -2.29.